The Morgan fingerprint density at radius 3 is 2.81 bits per heavy atom. The molecule has 0 unspecified atom stereocenters. The maximum absolute atomic E-state index is 11.5. The second-order valence-electron chi connectivity index (χ2n) is 4.06. The van der Waals surface area contributed by atoms with Crippen molar-refractivity contribution in [2.75, 3.05) is 6.26 Å². The van der Waals surface area contributed by atoms with Gasteiger partial charge in [-0.2, -0.15) is 4.98 Å². The van der Waals surface area contributed by atoms with Gasteiger partial charge in [0.05, 0.1) is 4.90 Å². The van der Waals surface area contributed by atoms with Crippen LogP contribution in [0.1, 0.15) is 5.69 Å². The number of amidine groups is 1. The van der Waals surface area contributed by atoms with E-state index < -0.39 is 9.84 Å². The first-order chi connectivity index (χ1) is 9.90. The number of rotatable bonds is 4. The third-order valence-electron chi connectivity index (χ3n) is 2.45. The average molecular weight is 308 g/mol. The molecule has 0 saturated heterocycles. The molecule has 110 valence electrons. The van der Waals surface area contributed by atoms with Gasteiger partial charge in [-0.1, -0.05) is 11.2 Å². The summed E-state index contributed by atoms with van der Waals surface area (Å²) in [5, 5.41) is 11.4. The lowest BCUT2D eigenvalue weighted by Crippen LogP contribution is -2.15. The molecule has 0 radical (unpaired) electrons. The minimum Gasteiger partial charge on any atom is -0.424 e. The number of sulfone groups is 1. The zero-order chi connectivity index (χ0) is 15.5. The molecule has 0 aliphatic heterocycles. The standard InChI is InChI=1S/C12H12N4O4S/c1-21(18,19)9-4-2-3-8(7-9)20-12-14-6-5-10(15-12)11(13)16-17/h2-7,17H,1H3,(H2,13,16). The fraction of sp³-hybridized carbons (Fsp3) is 0.0833. The smallest absolute Gasteiger partial charge is 0.322 e. The Kier molecular flexibility index (Phi) is 4.03. The van der Waals surface area contributed by atoms with Crippen molar-refractivity contribution in [2.45, 2.75) is 4.90 Å². The molecule has 1 heterocycles. The van der Waals surface area contributed by atoms with Crippen molar-refractivity contribution >= 4 is 15.7 Å². The first kappa shape index (κ1) is 14.7. The summed E-state index contributed by atoms with van der Waals surface area (Å²) < 4.78 is 28.3. The minimum absolute atomic E-state index is 0.0512. The molecule has 0 fully saturated rings. The van der Waals surface area contributed by atoms with E-state index in [1.807, 2.05) is 0 Å². The van der Waals surface area contributed by atoms with Crippen molar-refractivity contribution in [1.82, 2.24) is 9.97 Å². The Labute approximate surface area is 120 Å². The fourth-order valence-electron chi connectivity index (χ4n) is 1.46. The van der Waals surface area contributed by atoms with E-state index in [9.17, 15) is 8.42 Å². The van der Waals surface area contributed by atoms with E-state index in [-0.39, 0.29) is 28.2 Å². The number of nitrogens with two attached hydrogens (primary N) is 1. The maximum Gasteiger partial charge on any atom is 0.322 e. The molecule has 0 aliphatic carbocycles. The van der Waals surface area contributed by atoms with Crippen molar-refractivity contribution in [3.05, 3.63) is 42.2 Å². The molecule has 2 aromatic rings. The van der Waals surface area contributed by atoms with E-state index >= 15 is 0 Å². The Hall–Kier alpha value is -2.68. The van der Waals surface area contributed by atoms with Crippen LogP contribution in [0.25, 0.3) is 0 Å². The molecule has 3 N–H and O–H groups in total. The van der Waals surface area contributed by atoms with Crippen molar-refractivity contribution in [1.29, 1.82) is 0 Å². The summed E-state index contributed by atoms with van der Waals surface area (Å²) in [6.45, 7) is 0. The topological polar surface area (TPSA) is 128 Å². The molecule has 8 nitrogen and oxygen atoms in total. The van der Waals surface area contributed by atoms with Gasteiger partial charge in [-0.15, -0.1) is 0 Å². The third-order valence-corrected chi connectivity index (χ3v) is 3.56. The predicted molar refractivity (Wildman–Crippen MR) is 74.2 cm³/mol. The van der Waals surface area contributed by atoms with Gasteiger partial charge in [0.1, 0.15) is 11.4 Å². The van der Waals surface area contributed by atoms with Gasteiger partial charge in [-0.25, -0.2) is 13.4 Å². The number of benzene rings is 1. The van der Waals surface area contributed by atoms with Crippen LogP contribution >= 0.6 is 0 Å². The van der Waals surface area contributed by atoms with E-state index in [0.717, 1.165) is 6.26 Å². The van der Waals surface area contributed by atoms with Gasteiger partial charge >= 0.3 is 6.01 Å². The van der Waals surface area contributed by atoms with Crippen LogP contribution in [0.15, 0.2) is 46.6 Å². The highest BCUT2D eigenvalue weighted by molar-refractivity contribution is 7.90. The average Bonchev–Trinajstić information content (AvgIpc) is 2.46. The SMILES string of the molecule is CS(=O)(=O)c1cccc(Oc2nccc(/C(N)=N/O)n2)c1. The molecule has 0 spiro atoms. The summed E-state index contributed by atoms with van der Waals surface area (Å²) in [6, 6.07) is 7.30. The monoisotopic (exact) mass is 308 g/mol. The highest BCUT2D eigenvalue weighted by Gasteiger charge is 2.10. The molecule has 0 aliphatic rings. The van der Waals surface area contributed by atoms with Crippen LogP contribution in [-0.2, 0) is 9.84 Å². The number of aromatic nitrogens is 2. The van der Waals surface area contributed by atoms with Crippen molar-refractivity contribution in [3.63, 3.8) is 0 Å². The van der Waals surface area contributed by atoms with E-state index in [1.54, 1.807) is 12.1 Å². The summed E-state index contributed by atoms with van der Waals surface area (Å²) in [5.74, 6) is 0.0710. The van der Waals surface area contributed by atoms with E-state index in [4.69, 9.17) is 15.7 Å². The Bertz CT molecular complexity index is 789. The number of hydrogen-bond acceptors (Lipinski definition) is 7. The highest BCUT2D eigenvalue weighted by atomic mass is 32.2. The molecule has 0 saturated carbocycles. The first-order valence-corrected chi connectivity index (χ1v) is 7.58. The number of nitrogens with zero attached hydrogens (tertiary/aromatic N) is 3. The van der Waals surface area contributed by atoms with E-state index in [1.165, 1.54) is 24.4 Å². The fourth-order valence-corrected chi connectivity index (χ4v) is 2.11. The molecule has 1 aromatic carbocycles. The Morgan fingerprint density at radius 2 is 2.14 bits per heavy atom. The quantitative estimate of drug-likeness (QED) is 0.369. The zero-order valence-electron chi connectivity index (χ0n) is 11.0. The molecule has 21 heavy (non-hydrogen) atoms. The summed E-state index contributed by atoms with van der Waals surface area (Å²) in [7, 11) is -3.34. The summed E-state index contributed by atoms with van der Waals surface area (Å²) in [4.78, 5) is 7.92. The van der Waals surface area contributed by atoms with E-state index in [0.29, 0.717) is 0 Å². The number of hydrogen-bond donors (Lipinski definition) is 2. The Balaban J connectivity index is 2.31. The van der Waals surface area contributed by atoms with Gasteiger partial charge in [0.25, 0.3) is 0 Å². The minimum atomic E-state index is -3.34. The number of oxime groups is 1. The molecular formula is C12H12N4O4S. The maximum atomic E-state index is 11.5. The molecule has 0 amide bonds. The highest BCUT2D eigenvalue weighted by Crippen LogP contribution is 2.21. The van der Waals surface area contributed by atoms with Gasteiger partial charge in [0.2, 0.25) is 0 Å². The lowest BCUT2D eigenvalue weighted by molar-refractivity contribution is 0.318. The summed E-state index contributed by atoms with van der Waals surface area (Å²) >= 11 is 0. The van der Waals surface area contributed by atoms with Gasteiger partial charge in [-0.05, 0) is 24.3 Å². The van der Waals surface area contributed by atoms with Gasteiger partial charge in [-0.3, -0.25) is 0 Å². The van der Waals surface area contributed by atoms with E-state index in [2.05, 4.69) is 15.1 Å². The molecule has 9 heteroatoms. The van der Waals surface area contributed by atoms with Crippen molar-refractivity contribution in [2.24, 2.45) is 10.9 Å². The van der Waals surface area contributed by atoms with Crippen LogP contribution in [0.4, 0.5) is 0 Å². The largest absolute Gasteiger partial charge is 0.424 e. The van der Waals surface area contributed by atoms with Gasteiger partial charge in [0, 0.05) is 12.5 Å². The molecule has 0 bridgehead atoms. The lowest BCUT2D eigenvalue weighted by Gasteiger charge is -2.06. The molecule has 2 rings (SSSR count). The van der Waals surface area contributed by atoms with Gasteiger partial charge < -0.3 is 15.7 Å². The van der Waals surface area contributed by atoms with Crippen LogP contribution in [0.2, 0.25) is 0 Å². The third kappa shape index (κ3) is 3.66. The normalized spacial score (nSPS) is 12.1. The van der Waals surface area contributed by atoms with Crippen LogP contribution in [-0.4, -0.2) is 35.7 Å². The summed E-state index contributed by atoms with van der Waals surface area (Å²) in [5.41, 5.74) is 5.59. The zero-order valence-corrected chi connectivity index (χ0v) is 11.8. The van der Waals surface area contributed by atoms with Crippen LogP contribution in [0, 0.1) is 0 Å². The molecule has 0 atom stereocenters. The van der Waals surface area contributed by atoms with Crippen LogP contribution < -0.4 is 10.5 Å². The number of ether oxygens (including phenoxy) is 1. The Morgan fingerprint density at radius 1 is 1.38 bits per heavy atom. The molecule has 1 aromatic heterocycles. The first-order valence-electron chi connectivity index (χ1n) is 5.69. The second kappa shape index (κ2) is 5.75. The summed E-state index contributed by atoms with van der Waals surface area (Å²) in [6.07, 6.45) is 2.47. The van der Waals surface area contributed by atoms with Gasteiger partial charge in [0.15, 0.2) is 15.7 Å². The predicted octanol–water partition coefficient (Wildman–Crippen LogP) is 0.767. The van der Waals surface area contributed by atoms with Crippen molar-refractivity contribution in [3.8, 4) is 11.8 Å². The molecular weight excluding hydrogens is 296 g/mol. The lowest BCUT2D eigenvalue weighted by atomic mass is 10.3. The van der Waals surface area contributed by atoms with Crippen molar-refractivity contribution < 1.29 is 18.4 Å². The van der Waals surface area contributed by atoms with Crippen LogP contribution in [0.3, 0.4) is 0 Å². The second-order valence-corrected chi connectivity index (χ2v) is 6.07. The van der Waals surface area contributed by atoms with Crippen LogP contribution in [0.5, 0.6) is 11.8 Å².